The van der Waals surface area contributed by atoms with E-state index in [0.29, 0.717) is 31.9 Å². The fourth-order valence-corrected chi connectivity index (χ4v) is 4.97. The summed E-state index contributed by atoms with van der Waals surface area (Å²) < 4.78 is 26.7. The minimum absolute atomic E-state index is 0.0682. The number of carbonyl (C=O) groups excluding carboxylic acids is 2. The topological polar surface area (TPSA) is 98.8 Å². The lowest BCUT2D eigenvalue weighted by Crippen LogP contribution is -2.58. The van der Waals surface area contributed by atoms with Gasteiger partial charge in [-0.1, -0.05) is 33.8 Å². The van der Waals surface area contributed by atoms with Crippen molar-refractivity contribution in [1.29, 1.82) is 0 Å². The van der Waals surface area contributed by atoms with E-state index in [1.807, 2.05) is 18.7 Å². The maximum Gasteiger partial charge on any atom is 0.243 e. The van der Waals surface area contributed by atoms with Gasteiger partial charge in [-0.25, -0.2) is 8.42 Å². The number of benzene rings is 1. The van der Waals surface area contributed by atoms with Gasteiger partial charge >= 0.3 is 0 Å². The molecule has 8 nitrogen and oxygen atoms in total. The second-order valence-electron chi connectivity index (χ2n) is 7.12. The van der Waals surface area contributed by atoms with Crippen LogP contribution in [-0.2, 0) is 19.6 Å². The normalized spacial score (nSPS) is 18.4. The summed E-state index contributed by atoms with van der Waals surface area (Å²) in [5.74, 6) is -0.269. The molecule has 1 aliphatic rings. The molecule has 1 heterocycles. The minimum atomic E-state index is -3.60. The van der Waals surface area contributed by atoms with Crippen LogP contribution in [0.2, 0.25) is 0 Å². The molecule has 0 spiro atoms. The molecule has 1 fully saturated rings. The summed E-state index contributed by atoms with van der Waals surface area (Å²) in [5, 5.41) is 5.58. The Kier molecular flexibility index (Phi) is 7.56. The van der Waals surface area contributed by atoms with Gasteiger partial charge in [-0.15, -0.1) is 0 Å². The number of rotatable bonds is 8. The van der Waals surface area contributed by atoms with Crippen LogP contribution in [0.5, 0.6) is 0 Å². The zero-order valence-corrected chi connectivity index (χ0v) is 17.8. The van der Waals surface area contributed by atoms with Gasteiger partial charge in [0.05, 0.1) is 17.5 Å². The molecule has 0 aromatic heterocycles. The van der Waals surface area contributed by atoms with E-state index in [4.69, 9.17) is 0 Å². The molecule has 1 unspecified atom stereocenters. The molecule has 0 bridgehead atoms. The summed E-state index contributed by atoms with van der Waals surface area (Å²) >= 11 is 0. The Hall–Kier alpha value is -1.97. The molecule has 2 rings (SSSR count). The molecule has 1 aromatic carbocycles. The highest BCUT2D eigenvalue weighted by molar-refractivity contribution is 7.89. The van der Waals surface area contributed by atoms with Crippen LogP contribution in [0.25, 0.3) is 0 Å². The Labute approximate surface area is 167 Å². The summed E-state index contributed by atoms with van der Waals surface area (Å²) in [6, 6.07) is 5.90. The summed E-state index contributed by atoms with van der Waals surface area (Å²) in [6.07, 6.45) is 0. The standard InChI is InChI=1S/C19H30N4O4S/c1-5-23(6-2)28(26,27)16-9-7-8-15(12-16)21-17(24)13-22-11-10-20-19(25)18(22)14(3)4/h7-9,12,14,18H,5-6,10-11,13H2,1-4H3,(H,20,25)(H,21,24). The maximum atomic E-state index is 12.7. The van der Waals surface area contributed by atoms with E-state index < -0.39 is 10.0 Å². The van der Waals surface area contributed by atoms with Crippen molar-refractivity contribution in [2.75, 3.05) is 38.0 Å². The smallest absolute Gasteiger partial charge is 0.243 e. The summed E-state index contributed by atoms with van der Waals surface area (Å²) in [4.78, 5) is 26.6. The maximum absolute atomic E-state index is 12.7. The van der Waals surface area contributed by atoms with Crippen LogP contribution >= 0.6 is 0 Å². The number of nitrogens with one attached hydrogen (secondary N) is 2. The van der Waals surface area contributed by atoms with E-state index in [1.165, 1.54) is 16.4 Å². The Balaban J connectivity index is 2.11. The molecular formula is C19H30N4O4S. The zero-order valence-electron chi connectivity index (χ0n) is 16.9. The fraction of sp³-hybridized carbons (Fsp3) is 0.579. The van der Waals surface area contributed by atoms with Crippen LogP contribution in [0.4, 0.5) is 5.69 Å². The number of sulfonamides is 1. The number of hydrogen-bond donors (Lipinski definition) is 2. The molecule has 2 amide bonds. The first-order chi connectivity index (χ1) is 13.2. The van der Waals surface area contributed by atoms with Crippen LogP contribution < -0.4 is 10.6 Å². The fourth-order valence-electron chi connectivity index (χ4n) is 3.47. The van der Waals surface area contributed by atoms with Gasteiger partial charge in [-0.3, -0.25) is 14.5 Å². The molecule has 1 saturated heterocycles. The van der Waals surface area contributed by atoms with Gasteiger partial charge in [0.2, 0.25) is 21.8 Å². The number of hydrogen-bond acceptors (Lipinski definition) is 5. The third kappa shape index (κ3) is 5.09. The zero-order chi connectivity index (χ0) is 20.9. The van der Waals surface area contributed by atoms with Crippen molar-refractivity contribution < 1.29 is 18.0 Å². The SMILES string of the molecule is CCN(CC)S(=O)(=O)c1cccc(NC(=O)CN2CCNC(=O)C2C(C)C)c1. The van der Waals surface area contributed by atoms with Crippen molar-refractivity contribution in [2.45, 2.75) is 38.6 Å². The summed E-state index contributed by atoms with van der Waals surface area (Å²) in [5.41, 5.74) is 0.417. The first kappa shape index (κ1) is 22.3. The average Bonchev–Trinajstić information content (AvgIpc) is 2.62. The lowest BCUT2D eigenvalue weighted by molar-refractivity contribution is -0.132. The van der Waals surface area contributed by atoms with Crippen LogP contribution in [0.15, 0.2) is 29.2 Å². The van der Waals surface area contributed by atoms with Crippen molar-refractivity contribution in [3.63, 3.8) is 0 Å². The third-order valence-corrected chi connectivity index (χ3v) is 6.85. The van der Waals surface area contributed by atoms with Crippen molar-refractivity contribution in [3.05, 3.63) is 24.3 Å². The van der Waals surface area contributed by atoms with E-state index in [0.717, 1.165) is 0 Å². The Morgan fingerprint density at radius 2 is 2.00 bits per heavy atom. The lowest BCUT2D eigenvalue weighted by atomic mass is 10.00. The second-order valence-corrected chi connectivity index (χ2v) is 9.05. The predicted molar refractivity (Wildman–Crippen MR) is 108 cm³/mol. The van der Waals surface area contributed by atoms with Crippen LogP contribution in [-0.4, -0.2) is 68.2 Å². The highest BCUT2D eigenvalue weighted by Gasteiger charge is 2.33. The monoisotopic (exact) mass is 410 g/mol. The van der Waals surface area contributed by atoms with E-state index in [9.17, 15) is 18.0 Å². The Morgan fingerprint density at radius 3 is 2.61 bits per heavy atom. The molecule has 28 heavy (non-hydrogen) atoms. The van der Waals surface area contributed by atoms with Crippen molar-refractivity contribution in [3.8, 4) is 0 Å². The van der Waals surface area contributed by atoms with Gasteiger partial charge in [0.1, 0.15) is 0 Å². The van der Waals surface area contributed by atoms with E-state index in [2.05, 4.69) is 10.6 Å². The minimum Gasteiger partial charge on any atom is -0.353 e. The third-order valence-electron chi connectivity index (χ3n) is 4.80. The number of amides is 2. The van der Waals surface area contributed by atoms with Gasteiger partial charge in [0.15, 0.2) is 0 Å². The number of carbonyl (C=O) groups is 2. The molecule has 1 aliphatic heterocycles. The van der Waals surface area contributed by atoms with Crippen LogP contribution in [0.1, 0.15) is 27.7 Å². The van der Waals surface area contributed by atoms with Crippen molar-refractivity contribution in [1.82, 2.24) is 14.5 Å². The number of anilines is 1. The van der Waals surface area contributed by atoms with E-state index >= 15 is 0 Å². The Bertz CT molecular complexity index is 806. The van der Waals surface area contributed by atoms with Gasteiger partial charge in [0.25, 0.3) is 0 Å². The van der Waals surface area contributed by atoms with E-state index in [1.54, 1.807) is 26.0 Å². The first-order valence-electron chi connectivity index (χ1n) is 9.62. The molecule has 156 valence electrons. The Morgan fingerprint density at radius 1 is 1.32 bits per heavy atom. The average molecular weight is 411 g/mol. The van der Waals surface area contributed by atoms with Gasteiger partial charge in [-0.05, 0) is 24.1 Å². The molecule has 9 heteroatoms. The predicted octanol–water partition coefficient (Wildman–Crippen LogP) is 1.11. The summed E-state index contributed by atoms with van der Waals surface area (Å²) in [6.45, 7) is 9.39. The number of piperazine rings is 1. The second kappa shape index (κ2) is 9.49. The molecule has 1 atom stereocenters. The van der Waals surface area contributed by atoms with Gasteiger partial charge in [-0.2, -0.15) is 4.31 Å². The molecular weight excluding hydrogens is 380 g/mol. The van der Waals surface area contributed by atoms with Crippen molar-refractivity contribution in [2.24, 2.45) is 5.92 Å². The largest absolute Gasteiger partial charge is 0.353 e. The highest BCUT2D eigenvalue weighted by atomic mass is 32.2. The van der Waals surface area contributed by atoms with Crippen LogP contribution in [0, 0.1) is 5.92 Å². The highest BCUT2D eigenvalue weighted by Crippen LogP contribution is 2.20. The molecule has 0 saturated carbocycles. The quantitative estimate of drug-likeness (QED) is 0.669. The van der Waals surface area contributed by atoms with Gasteiger partial charge in [0, 0.05) is 31.9 Å². The lowest BCUT2D eigenvalue weighted by Gasteiger charge is -2.36. The number of nitrogens with zero attached hydrogens (tertiary/aromatic N) is 2. The molecule has 0 radical (unpaired) electrons. The van der Waals surface area contributed by atoms with Crippen LogP contribution in [0.3, 0.4) is 0 Å². The van der Waals surface area contributed by atoms with Crippen molar-refractivity contribution >= 4 is 27.5 Å². The molecule has 0 aliphatic carbocycles. The molecule has 2 N–H and O–H groups in total. The van der Waals surface area contributed by atoms with E-state index in [-0.39, 0.29) is 35.2 Å². The van der Waals surface area contributed by atoms with Gasteiger partial charge < -0.3 is 10.6 Å². The first-order valence-corrected chi connectivity index (χ1v) is 11.1. The molecule has 1 aromatic rings. The summed E-state index contributed by atoms with van der Waals surface area (Å²) in [7, 11) is -3.60.